The Labute approximate surface area is 95.8 Å². The number of nitrogens with one attached hydrogen (secondary N) is 1. The van der Waals surface area contributed by atoms with Gasteiger partial charge in [-0.05, 0) is 49.9 Å². The normalized spacial score (nSPS) is 19.8. The lowest BCUT2D eigenvalue weighted by molar-refractivity contribution is -0.124. The van der Waals surface area contributed by atoms with Crippen molar-refractivity contribution in [2.75, 3.05) is 11.9 Å². The van der Waals surface area contributed by atoms with Gasteiger partial charge in [-0.2, -0.15) is 0 Å². The third-order valence-electron chi connectivity index (χ3n) is 2.71. The number of rotatable bonds is 2. The van der Waals surface area contributed by atoms with Gasteiger partial charge >= 0.3 is 0 Å². The fraction of sp³-hybridized carbons (Fsp3) is 0.462. The lowest BCUT2D eigenvalue weighted by atomic mass is 10.1. The number of aryl methyl sites for hydroxylation is 2. The van der Waals surface area contributed by atoms with Crippen LogP contribution in [0.3, 0.4) is 0 Å². The average molecular weight is 219 g/mol. The van der Waals surface area contributed by atoms with Gasteiger partial charge in [0.25, 0.3) is 5.91 Å². The van der Waals surface area contributed by atoms with E-state index in [-0.39, 0.29) is 12.0 Å². The Morgan fingerprint density at radius 2 is 2.00 bits per heavy atom. The number of carbonyl (C=O) groups is 1. The van der Waals surface area contributed by atoms with Crippen molar-refractivity contribution in [1.29, 1.82) is 0 Å². The summed E-state index contributed by atoms with van der Waals surface area (Å²) >= 11 is 0. The number of ether oxygens (including phenoxy) is 1. The number of hydrogen-bond acceptors (Lipinski definition) is 2. The second-order valence-corrected chi connectivity index (χ2v) is 4.37. The van der Waals surface area contributed by atoms with Gasteiger partial charge in [-0.15, -0.1) is 0 Å². The standard InChI is InChI=1S/C13H17NO2/c1-9-6-10(2)8-11(7-9)14-13(15)12-4-3-5-16-12/h6-8,12H,3-5H2,1-2H3,(H,14,15)/t12-/m0/s1. The Bertz CT molecular complexity index is 375. The van der Waals surface area contributed by atoms with E-state index in [0.29, 0.717) is 6.61 Å². The maximum atomic E-state index is 11.8. The molecule has 16 heavy (non-hydrogen) atoms. The Balaban J connectivity index is 2.05. The van der Waals surface area contributed by atoms with Gasteiger partial charge in [0.05, 0.1) is 0 Å². The van der Waals surface area contributed by atoms with Crippen LogP contribution in [-0.2, 0) is 9.53 Å². The molecule has 0 bridgehead atoms. The molecule has 1 atom stereocenters. The molecule has 3 nitrogen and oxygen atoms in total. The zero-order valence-electron chi connectivity index (χ0n) is 9.75. The molecule has 1 N–H and O–H groups in total. The molecule has 0 aromatic heterocycles. The number of anilines is 1. The third kappa shape index (κ3) is 2.61. The van der Waals surface area contributed by atoms with Crippen LogP contribution in [0.4, 0.5) is 5.69 Å². The van der Waals surface area contributed by atoms with E-state index in [1.165, 1.54) is 0 Å². The first-order chi connectivity index (χ1) is 7.65. The molecule has 86 valence electrons. The Hall–Kier alpha value is -1.35. The molecule has 0 radical (unpaired) electrons. The van der Waals surface area contributed by atoms with Gasteiger partial charge in [0.1, 0.15) is 6.10 Å². The molecule has 1 aliphatic heterocycles. The minimum atomic E-state index is -0.263. The third-order valence-corrected chi connectivity index (χ3v) is 2.71. The SMILES string of the molecule is Cc1cc(C)cc(NC(=O)[C@@H]2CCCO2)c1. The van der Waals surface area contributed by atoms with E-state index in [1.807, 2.05) is 26.0 Å². The molecule has 1 aliphatic rings. The van der Waals surface area contributed by atoms with E-state index in [4.69, 9.17) is 4.74 Å². The largest absolute Gasteiger partial charge is 0.368 e. The fourth-order valence-corrected chi connectivity index (χ4v) is 2.05. The molecule has 0 spiro atoms. The van der Waals surface area contributed by atoms with Crippen molar-refractivity contribution in [2.24, 2.45) is 0 Å². The molecule has 1 fully saturated rings. The van der Waals surface area contributed by atoms with E-state index >= 15 is 0 Å². The van der Waals surface area contributed by atoms with Crippen molar-refractivity contribution in [2.45, 2.75) is 32.8 Å². The Morgan fingerprint density at radius 3 is 2.56 bits per heavy atom. The van der Waals surface area contributed by atoms with Crippen LogP contribution >= 0.6 is 0 Å². The molecule has 1 heterocycles. The van der Waals surface area contributed by atoms with Gasteiger partial charge in [-0.25, -0.2) is 0 Å². The molecule has 1 aromatic rings. The quantitative estimate of drug-likeness (QED) is 0.829. The molecule has 1 amide bonds. The molecule has 0 unspecified atom stereocenters. The number of carbonyl (C=O) groups excluding carboxylic acids is 1. The van der Waals surface area contributed by atoms with E-state index in [1.54, 1.807) is 0 Å². The predicted octanol–water partition coefficient (Wildman–Crippen LogP) is 2.42. The minimum Gasteiger partial charge on any atom is -0.368 e. The van der Waals surface area contributed by atoms with Crippen LogP contribution in [0, 0.1) is 13.8 Å². The first-order valence-corrected chi connectivity index (χ1v) is 5.66. The van der Waals surface area contributed by atoms with Crippen LogP contribution in [0.25, 0.3) is 0 Å². The summed E-state index contributed by atoms with van der Waals surface area (Å²) in [4.78, 5) is 11.8. The van der Waals surface area contributed by atoms with Crippen LogP contribution in [0.5, 0.6) is 0 Å². The minimum absolute atomic E-state index is 0.0255. The highest BCUT2D eigenvalue weighted by Crippen LogP contribution is 2.17. The lowest BCUT2D eigenvalue weighted by Gasteiger charge is -2.11. The topological polar surface area (TPSA) is 38.3 Å². The van der Waals surface area contributed by atoms with Crippen LogP contribution in [-0.4, -0.2) is 18.6 Å². The summed E-state index contributed by atoms with van der Waals surface area (Å²) in [6, 6.07) is 6.03. The zero-order chi connectivity index (χ0) is 11.5. The van der Waals surface area contributed by atoms with Gasteiger partial charge in [0.15, 0.2) is 0 Å². The lowest BCUT2D eigenvalue weighted by Crippen LogP contribution is -2.26. The average Bonchev–Trinajstić information content (AvgIpc) is 2.68. The summed E-state index contributed by atoms with van der Waals surface area (Å²) in [5, 5.41) is 2.90. The Morgan fingerprint density at radius 1 is 1.31 bits per heavy atom. The highest BCUT2D eigenvalue weighted by atomic mass is 16.5. The van der Waals surface area contributed by atoms with Gasteiger partial charge in [-0.1, -0.05) is 6.07 Å². The first kappa shape index (κ1) is 11.1. The molecular formula is C13H17NO2. The van der Waals surface area contributed by atoms with Crippen molar-refractivity contribution >= 4 is 11.6 Å². The molecule has 0 saturated carbocycles. The molecule has 3 heteroatoms. The molecule has 1 aromatic carbocycles. The number of hydrogen-bond donors (Lipinski definition) is 1. The van der Waals surface area contributed by atoms with Crippen molar-refractivity contribution < 1.29 is 9.53 Å². The predicted molar refractivity (Wildman–Crippen MR) is 63.5 cm³/mol. The van der Waals surface area contributed by atoms with Gasteiger partial charge in [0, 0.05) is 12.3 Å². The van der Waals surface area contributed by atoms with E-state index in [9.17, 15) is 4.79 Å². The van der Waals surface area contributed by atoms with Crippen LogP contribution in [0.1, 0.15) is 24.0 Å². The van der Waals surface area contributed by atoms with E-state index in [0.717, 1.165) is 29.7 Å². The van der Waals surface area contributed by atoms with Crippen molar-refractivity contribution in [3.8, 4) is 0 Å². The number of benzene rings is 1. The van der Waals surface area contributed by atoms with Crippen LogP contribution < -0.4 is 5.32 Å². The monoisotopic (exact) mass is 219 g/mol. The molecule has 2 rings (SSSR count). The van der Waals surface area contributed by atoms with Crippen molar-refractivity contribution in [3.05, 3.63) is 29.3 Å². The maximum Gasteiger partial charge on any atom is 0.253 e. The highest BCUT2D eigenvalue weighted by Gasteiger charge is 2.23. The number of amides is 1. The molecule has 1 saturated heterocycles. The second kappa shape index (κ2) is 4.66. The smallest absolute Gasteiger partial charge is 0.253 e. The summed E-state index contributed by atoms with van der Waals surface area (Å²) in [5.74, 6) is -0.0255. The van der Waals surface area contributed by atoms with Crippen LogP contribution in [0.2, 0.25) is 0 Å². The fourth-order valence-electron chi connectivity index (χ4n) is 2.05. The summed E-state index contributed by atoms with van der Waals surface area (Å²) in [6.45, 7) is 4.74. The van der Waals surface area contributed by atoms with E-state index < -0.39 is 0 Å². The van der Waals surface area contributed by atoms with Crippen molar-refractivity contribution in [1.82, 2.24) is 0 Å². The maximum absolute atomic E-state index is 11.8. The summed E-state index contributed by atoms with van der Waals surface area (Å²) in [5.41, 5.74) is 3.17. The summed E-state index contributed by atoms with van der Waals surface area (Å²) in [7, 11) is 0. The van der Waals surface area contributed by atoms with Gasteiger partial charge in [0.2, 0.25) is 0 Å². The molecular weight excluding hydrogens is 202 g/mol. The summed E-state index contributed by atoms with van der Waals surface area (Å²) < 4.78 is 5.34. The Kier molecular flexibility index (Phi) is 3.25. The highest BCUT2D eigenvalue weighted by molar-refractivity contribution is 5.94. The first-order valence-electron chi connectivity index (χ1n) is 5.66. The molecule has 0 aliphatic carbocycles. The van der Waals surface area contributed by atoms with Gasteiger partial charge < -0.3 is 10.1 Å². The second-order valence-electron chi connectivity index (χ2n) is 4.37. The zero-order valence-corrected chi connectivity index (χ0v) is 9.75. The summed E-state index contributed by atoms with van der Waals surface area (Å²) in [6.07, 6.45) is 1.54. The van der Waals surface area contributed by atoms with Gasteiger partial charge in [-0.3, -0.25) is 4.79 Å². The van der Waals surface area contributed by atoms with E-state index in [2.05, 4.69) is 11.4 Å². The van der Waals surface area contributed by atoms with Crippen molar-refractivity contribution in [3.63, 3.8) is 0 Å². The van der Waals surface area contributed by atoms with Crippen LogP contribution in [0.15, 0.2) is 18.2 Å².